The van der Waals surface area contributed by atoms with Gasteiger partial charge in [-0.2, -0.15) is 0 Å². The third-order valence-electron chi connectivity index (χ3n) is 4.72. The van der Waals surface area contributed by atoms with Gasteiger partial charge in [-0.1, -0.05) is 40.2 Å². The van der Waals surface area contributed by atoms with Crippen molar-refractivity contribution in [1.82, 2.24) is 4.90 Å². The van der Waals surface area contributed by atoms with Gasteiger partial charge in [0, 0.05) is 17.6 Å². The fourth-order valence-electron chi connectivity index (χ4n) is 3.27. The van der Waals surface area contributed by atoms with Gasteiger partial charge in [0.15, 0.2) is 0 Å². The molecule has 0 aromatic heterocycles. The van der Waals surface area contributed by atoms with Crippen LogP contribution >= 0.6 is 15.9 Å². The van der Waals surface area contributed by atoms with E-state index in [0.29, 0.717) is 11.0 Å². The summed E-state index contributed by atoms with van der Waals surface area (Å²) in [5.74, 6) is -0.633. The summed E-state index contributed by atoms with van der Waals surface area (Å²) >= 11 is 3.22. The molecule has 1 amide bonds. The van der Waals surface area contributed by atoms with Gasteiger partial charge in [0.05, 0.1) is 11.6 Å². The Balaban J connectivity index is 1.62. The molecule has 1 unspecified atom stereocenters. The van der Waals surface area contributed by atoms with Gasteiger partial charge in [0.25, 0.3) is 0 Å². The van der Waals surface area contributed by atoms with E-state index < -0.39 is 5.82 Å². The summed E-state index contributed by atoms with van der Waals surface area (Å²) in [7, 11) is 0. The van der Waals surface area contributed by atoms with E-state index in [1.165, 1.54) is 17.2 Å². The van der Waals surface area contributed by atoms with Gasteiger partial charge in [-0.25, -0.2) is 4.39 Å². The number of likely N-dealkylation sites (tertiary alicyclic amines) is 1. The fraction of sp³-hybridized carbons (Fsp3) is 0.350. The molecule has 0 bridgehead atoms. The molecular weight excluding hydrogens is 383 g/mol. The molecule has 0 spiro atoms. The molecule has 1 atom stereocenters. The van der Waals surface area contributed by atoms with Crippen molar-refractivity contribution in [3.63, 3.8) is 0 Å². The van der Waals surface area contributed by atoms with Crippen LogP contribution in [0, 0.1) is 18.7 Å². The van der Waals surface area contributed by atoms with E-state index in [0.717, 1.165) is 25.9 Å². The van der Waals surface area contributed by atoms with Crippen LogP contribution in [0.1, 0.15) is 24.0 Å². The number of hydrogen-bond acceptors (Lipinski definition) is 2. The van der Waals surface area contributed by atoms with Crippen molar-refractivity contribution in [3.05, 3.63) is 63.9 Å². The van der Waals surface area contributed by atoms with E-state index in [1.54, 1.807) is 12.1 Å². The van der Waals surface area contributed by atoms with Gasteiger partial charge in [-0.3, -0.25) is 9.69 Å². The highest BCUT2D eigenvalue weighted by molar-refractivity contribution is 9.10. The second kappa shape index (κ2) is 8.11. The minimum absolute atomic E-state index is 0.101. The molecule has 2 aromatic carbocycles. The molecule has 3 rings (SSSR count). The van der Waals surface area contributed by atoms with Crippen LogP contribution in [-0.4, -0.2) is 23.9 Å². The largest absolute Gasteiger partial charge is 0.323 e. The van der Waals surface area contributed by atoms with Crippen molar-refractivity contribution in [2.45, 2.75) is 26.3 Å². The van der Waals surface area contributed by atoms with Gasteiger partial charge < -0.3 is 5.32 Å². The lowest BCUT2D eigenvalue weighted by Crippen LogP contribution is -2.40. The Bertz CT molecular complexity index is 765. The minimum atomic E-state index is -0.421. The number of carbonyl (C=O) groups excluding carboxylic acids is 1. The van der Waals surface area contributed by atoms with Crippen LogP contribution in [0.3, 0.4) is 0 Å². The van der Waals surface area contributed by atoms with E-state index >= 15 is 0 Å². The molecule has 3 nitrogen and oxygen atoms in total. The highest BCUT2D eigenvalue weighted by Crippen LogP contribution is 2.23. The molecule has 5 heteroatoms. The number of amides is 1. The second-order valence-corrected chi connectivity index (χ2v) is 7.53. The van der Waals surface area contributed by atoms with Crippen molar-refractivity contribution in [3.8, 4) is 0 Å². The molecule has 1 saturated heterocycles. The summed E-state index contributed by atoms with van der Waals surface area (Å²) in [6, 6.07) is 13.0. The molecule has 0 aliphatic carbocycles. The first-order valence-corrected chi connectivity index (χ1v) is 9.35. The quantitative estimate of drug-likeness (QED) is 0.797. The Morgan fingerprint density at radius 2 is 2.12 bits per heavy atom. The van der Waals surface area contributed by atoms with Crippen LogP contribution < -0.4 is 5.32 Å². The molecule has 132 valence electrons. The van der Waals surface area contributed by atoms with Crippen molar-refractivity contribution < 1.29 is 9.18 Å². The maximum atomic E-state index is 13.9. The standard InChI is InChI=1S/C20H22BrFN2O/c1-14-5-2-3-6-15(14)12-24-10-4-7-16(13-24)20(25)23-19-9-8-17(21)11-18(19)22/h2-3,5-6,8-9,11,16H,4,7,10,12-13H2,1H3,(H,23,25). The molecule has 1 aliphatic heterocycles. The van der Waals surface area contributed by atoms with Gasteiger partial charge >= 0.3 is 0 Å². The number of piperidine rings is 1. The van der Waals surface area contributed by atoms with Gasteiger partial charge in [-0.05, 0) is 55.6 Å². The zero-order valence-electron chi connectivity index (χ0n) is 14.3. The Hall–Kier alpha value is -1.72. The maximum absolute atomic E-state index is 13.9. The monoisotopic (exact) mass is 404 g/mol. The average molecular weight is 405 g/mol. The van der Waals surface area contributed by atoms with E-state index in [2.05, 4.69) is 45.2 Å². The summed E-state index contributed by atoms with van der Waals surface area (Å²) < 4.78 is 14.6. The Morgan fingerprint density at radius 3 is 2.88 bits per heavy atom. The molecule has 1 fully saturated rings. The lowest BCUT2D eigenvalue weighted by Gasteiger charge is -2.32. The highest BCUT2D eigenvalue weighted by Gasteiger charge is 2.26. The lowest BCUT2D eigenvalue weighted by molar-refractivity contribution is -0.121. The first kappa shape index (κ1) is 18.1. The summed E-state index contributed by atoms with van der Waals surface area (Å²) in [6.45, 7) is 4.66. The zero-order valence-corrected chi connectivity index (χ0v) is 15.9. The van der Waals surface area contributed by atoms with E-state index in [4.69, 9.17) is 0 Å². The van der Waals surface area contributed by atoms with Gasteiger partial charge in [0.1, 0.15) is 5.82 Å². The van der Waals surface area contributed by atoms with Crippen LogP contribution in [-0.2, 0) is 11.3 Å². The Labute approximate surface area is 156 Å². The van der Waals surface area contributed by atoms with Crippen molar-refractivity contribution in [2.24, 2.45) is 5.92 Å². The Morgan fingerprint density at radius 1 is 1.32 bits per heavy atom. The normalized spacial score (nSPS) is 18.1. The number of halogens is 2. The molecular formula is C20H22BrFN2O. The van der Waals surface area contributed by atoms with Gasteiger partial charge in [0.2, 0.25) is 5.91 Å². The number of carbonyl (C=O) groups is 1. The van der Waals surface area contributed by atoms with Crippen LogP contribution in [0.4, 0.5) is 10.1 Å². The van der Waals surface area contributed by atoms with E-state index in [1.807, 2.05) is 12.1 Å². The lowest BCUT2D eigenvalue weighted by atomic mass is 9.96. The fourth-order valence-corrected chi connectivity index (χ4v) is 3.60. The van der Waals surface area contributed by atoms with Crippen LogP contribution in [0.15, 0.2) is 46.9 Å². The van der Waals surface area contributed by atoms with E-state index in [9.17, 15) is 9.18 Å². The predicted molar refractivity (Wildman–Crippen MR) is 102 cm³/mol. The number of aryl methyl sites for hydroxylation is 1. The molecule has 1 aliphatic rings. The summed E-state index contributed by atoms with van der Waals surface area (Å²) in [5.41, 5.74) is 2.80. The number of rotatable bonds is 4. The van der Waals surface area contributed by atoms with Crippen molar-refractivity contribution >= 4 is 27.5 Å². The van der Waals surface area contributed by atoms with Crippen molar-refractivity contribution in [1.29, 1.82) is 0 Å². The average Bonchev–Trinajstić information content (AvgIpc) is 2.60. The van der Waals surface area contributed by atoms with Gasteiger partial charge in [-0.15, -0.1) is 0 Å². The molecule has 25 heavy (non-hydrogen) atoms. The Kier molecular flexibility index (Phi) is 5.86. The maximum Gasteiger partial charge on any atom is 0.228 e. The first-order valence-electron chi connectivity index (χ1n) is 8.55. The summed E-state index contributed by atoms with van der Waals surface area (Å²) in [6.07, 6.45) is 1.82. The SMILES string of the molecule is Cc1ccccc1CN1CCCC(C(=O)Nc2ccc(Br)cc2F)C1. The molecule has 1 N–H and O–H groups in total. The third kappa shape index (κ3) is 4.67. The molecule has 2 aromatic rings. The topological polar surface area (TPSA) is 32.3 Å². The predicted octanol–water partition coefficient (Wildman–Crippen LogP) is 4.75. The molecule has 0 radical (unpaired) electrons. The minimum Gasteiger partial charge on any atom is -0.323 e. The van der Waals surface area contributed by atoms with Crippen LogP contribution in [0.2, 0.25) is 0 Å². The zero-order chi connectivity index (χ0) is 17.8. The number of benzene rings is 2. The third-order valence-corrected chi connectivity index (χ3v) is 5.21. The highest BCUT2D eigenvalue weighted by atomic mass is 79.9. The van der Waals surface area contributed by atoms with E-state index in [-0.39, 0.29) is 17.5 Å². The van der Waals surface area contributed by atoms with Crippen LogP contribution in [0.25, 0.3) is 0 Å². The van der Waals surface area contributed by atoms with Crippen LogP contribution in [0.5, 0.6) is 0 Å². The van der Waals surface area contributed by atoms with Crippen molar-refractivity contribution in [2.75, 3.05) is 18.4 Å². The second-order valence-electron chi connectivity index (χ2n) is 6.61. The number of nitrogens with one attached hydrogen (secondary N) is 1. The number of anilines is 1. The summed E-state index contributed by atoms with van der Waals surface area (Å²) in [5, 5.41) is 2.74. The molecule has 0 saturated carbocycles. The smallest absolute Gasteiger partial charge is 0.228 e. The summed E-state index contributed by atoms with van der Waals surface area (Å²) in [4.78, 5) is 14.9. The molecule has 1 heterocycles. The number of hydrogen-bond donors (Lipinski definition) is 1. The number of nitrogens with zero attached hydrogens (tertiary/aromatic N) is 1. The first-order chi connectivity index (χ1) is 12.0.